The van der Waals surface area contributed by atoms with Crippen molar-refractivity contribution in [3.8, 4) is 0 Å². The van der Waals surface area contributed by atoms with E-state index in [2.05, 4.69) is 4.98 Å². The summed E-state index contributed by atoms with van der Waals surface area (Å²) in [4.78, 5) is 29.6. The van der Waals surface area contributed by atoms with Gasteiger partial charge in [0.15, 0.2) is 0 Å². The summed E-state index contributed by atoms with van der Waals surface area (Å²) in [5.41, 5.74) is 1.90. The molecule has 0 bridgehead atoms. The van der Waals surface area contributed by atoms with E-state index < -0.39 is 12.1 Å². The van der Waals surface area contributed by atoms with Gasteiger partial charge in [0.2, 0.25) is 0 Å². The Morgan fingerprint density at radius 1 is 1.12 bits per heavy atom. The lowest BCUT2D eigenvalue weighted by Crippen LogP contribution is -2.16. The fourth-order valence-electron chi connectivity index (χ4n) is 2.58. The number of methoxy groups -OCH3 is 1. The zero-order chi connectivity index (χ0) is 18.5. The molecule has 7 heteroatoms. The second-order valence-electron chi connectivity index (χ2n) is 5.33. The van der Waals surface area contributed by atoms with Crippen molar-refractivity contribution < 1.29 is 19.1 Å². The molecule has 3 rings (SSSR count). The third-order valence-electron chi connectivity index (χ3n) is 3.73. The van der Waals surface area contributed by atoms with Crippen LogP contribution < -0.4 is 0 Å². The quantitative estimate of drug-likeness (QED) is 0.497. The number of hydrogen-bond donors (Lipinski definition) is 0. The normalized spacial score (nSPS) is 10.7. The standard InChI is InChI=1S/C19H18N2O4S/c1-3-25-19(23)21-15-10-6-5-9-14(15)20-17(21)12-26-16-11-7-4-8-13(16)18(22)24-2/h4-11H,3,12H2,1-2H3. The number of ether oxygens (including phenoxy) is 2. The van der Waals surface area contributed by atoms with Gasteiger partial charge in [0, 0.05) is 4.90 Å². The van der Waals surface area contributed by atoms with E-state index in [1.165, 1.54) is 23.4 Å². The minimum absolute atomic E-state index is 0.281. The second-order valence-corrected chi connectivity index (χ2v) is 6.34. The van der Waals surface area contributed by atoms with Gasteiger partial charge in [0.05, 0.1) is 36.1 Å². The first-order chi connectivity index (χ1) is 12.7. The Kier molecular flexibility index (Phi) is 5.58. The molecule has 1 aromatic heterocycles. The van der Waals surface area contributed by atoms with E-state index in [1.807, 2.05) is 36.4 Å². The third-order valence-corrected chi connectivity index (χ3v) is 4.80. The van der Waals surface area contributed by atoms with Gasteiger partial charge in [0.25, 0.3) is 0 Å². The molecule has 0 saturated heterocycles. The third kappa shape index (κ3) is 3.57. The van der Waals surface area contributed by atoms with Crippen LogP contribution in [0.3, 0.4) is 0 Å². The summed E-state index contributed by atoms with van der Waals surface area (Å²) in [5.74, 6) is 0.572. The fourth-order valence-corrected chi connectivity index (χ4v) is 3.54. The molecule has 0 fully saturated rings. The zero-order valence-electron chi connectivity index (χ0n) is 14.5. The van der Waals surface area contributed by atoms with Crippen LogP contribution in [0.2, 0.25) is 0 Å². The van der Waals surface area contributed by atoms with Crippen LogP contribution in [0.15, 0.2) is 53.4 Å². The lowest BCUT2D eigenvalue weighted by atomic mass is 10.2. The molecule has 0 spiro atoms. The summed E-state index contributed by atoms with van der Waals surface area (Å²) in [6.45, 7) is 2.04. The molecule has 0 amide bonds. The van der Waals surface area contributed by atoms with Gasteiger partial charge in [-0.3, -0.25) is 0 Å². The van der Waals surface area contributed by atoms with Crippen molar-refractivity contribution in [1.29, 1.82) is 0 Å². The van der Waals surface area contributed by atoms with Crippen LogP contribution in [0.1, 0.15) is 23.1 Å². The molecule has 0 N–H and O–H groups in total. The number of benzene rings is 2. The van der Waals surface area contributed by atoms with Gasteiger partial charge in [0.1, 0.15) is 5.82 Å². The van der Waals surface area contributed by atoms with Crippen LogP contribution in [0.5, 0.6) is 0 Å². The molecule has 3 aromatic rings. The van der Waals surface area contributed by atoms with Gasteiger partial charge in [-0.25, -0.2) is 19.1 Å². The fraction of sp³-hybridized carbons (Fsp3) is 0.211. The maximum atomic E-state index is 12.4. The van der Waals surface area contributed by atoms with Crippen molar-refractivity contribution in [2.45, 2.75) is 17.6 Å². The number of rotatable bonds is 5. The molecule has 134 valence electrons. The van der Waals surface area contributed by atoms with Crippen LogP contribution in [0, 0.1) is 0 Å². The van der Waals surface area contributed by atoms with E-state index in [0.717, 1.165) is 10.4 Å². The summed E-state index contributed by atoms with van der Waals surface area (Å²) in [6, 6.07) is 14.6. The van der Waals surface area contributed by atoms with Gasteiger partial charge in [-0.1, -0.05) is 24.3 Å². The van der Waals surface area contributed by atoms with Gasteiger partial charge in [-0.05, 0) is 31.2 Å². The molecule has 6 nitrogen and oxygen atoms in total. The SMILES string of the molecule is CCOC(=O)n1c(CSc2ccccc2C(=O)OC)nc2ccccc21. The van der Waals surface area contributed by atoms with E-state index in [1.54, 1.807) is 19.1 Å². The molecule has 26 heavy (non-hydrogen) atoms. The number of carbonyl (C=O) groups excluding carboxylic acids is 2. The van der Waals surface area contributed by atoms with E-state index in [4.69, 9.17) is 9.47 Å². The predicted molar refractivity (Wildman–Crippen MR) is 99.5 cm³/mol. The average Bonchev–Trinajstić information content (AvgIpc) is 3.04. The van der Waals surface area contributed by atoms with E-state index in [9.17, 15) is 9.59 Å². The van der Waals surface area contributed by atoms with E-state index in [-0.39, 0.29) is 6.61 Å². The van der Waals surface area contributed by atoms with Crippen LogP contribution in [0.4, 0.5) is 4.79 Å². The minimum Gasteiger partial charge on any atom is -0.465 e. The Morgan fingerprint density at radius 2 is 1.85 bits per heavy atom. The number of carbonyl (C=O) groups is 2. The Balaban J connectivity index is 1.94. The number of thioether (sulfide) groups is 1. The summed E-state index contributed by atoms with van der Waals surface area (Å²) < 4.78 is 11.5. The summed E-state index contributed by atoms with van der Waals surface area (Å²) in [6.07, 6.45) is -0.460. The summed E-state index contributed by atoms with van der Waals surface area (Å²) >= 11 is 1.42. The van der Waals surface area contributed by atoms with Gasteiger partial charge in [-0.2, -0.15) is 0 Å². The lowest BCUT2D eigenvalue weighted by Gasteiger charge is -2.09. The number of fused-ring (bicyclic) bond motifs is 1. The van der Waals surface area contributed by atoms with Crippen molar-refractivity contribution >= 4 is 34.9 Å². The van der Waals surface area contributed by atoms with E-state index >= 15 is 0 Å². The van der Waals surface area contributed by atoms with Crippen molar-refractivity contribution in [3.05, 3.63) is 59.9 Å². The highest BCUT2D eigenvalue weighted by molar-refractivity contribution is 7.98. The van der Waals surface area contributed by atoms with Gasteiger partial charge < -0.3 is 9.47 Å². The number of aromatic nitrogens is 2. The maximum absolute atomic E-state index is 12.4. The lowest BCUT2D eigenvalue weighted by molar-refractivity contribution is 0.0596. The van der Waals surface area contributed by atoms with Crippen LogP contribution >= 0.6 is 11.8 Å². The molecular formula is C19H18N2O4S. The monoisotopic (exact) mass is 370 g/mol. The van der Waals surface area contributed by atoms with Crippen molar-refractivity contribution in [2.75, 3.05) is 13.7 Å². The number of para-hydroxylation sites is 2. The molecule has 0 aliphatic rings. The molecule has 0 radical (unpaired) electrons. The van der Waals surface area contributed by atoms with Crippen LogP contribution in [-0.2, 0) is 15.2 Å². The number of hydrogen-bond acceptors (Lipinski definition) is 6. The summed E-state index contributed by atoms with van der Waals surface area (Å²) in [5, 5.41) is 0. The van der Waals surface area contributed by atoms with Crippen molar-refractivity contribution in [1.82, 2.24) is 9.55 Å². The van der Waals surface area contributed by atoms with Gasteiger partial charge in [-0.15, -0.1) is 11.8 Å². The predicted octanol–water partition coefficient (Wildman–Crippen LogP) is 4.12. The summed E-state index contributed by atoms with van der Waals surface area (Å²) in [7, 11) is 1.35. The Hall–Kier alpha value is -2.80. The molecular weight excluding hydrogens is 352 g/mol. The first-order valence-electron chi connectivity index (χ1n) is 8.09. The molecule has 1 heterocycles. The van der Waals surface area contributed by atoms with Crippen LogP contribution in [0.25, 0.3) is 11.0 Å². The second kappa shape index (κ2) is 8.05. The Labute approximate surface area is 155 Å². The Morgan fingerprint density at radius 3 is 2.62 bits per heavy atom. The topological polar surface area (TPSA) is 70.4 Å². The number of nitrogens with zero attached hydrogens (tertiary/aromatic N) is 2. The molecule has 2 aromatic carbocycles. The first kappa shape index (κ1) is 18.0. The average molecular weight is 370 g/mol. The smallest absolute Gasteiger partial charge is 0.420 e. The van der Waals surface area contributed by atoms with Gasteiger partial charge >= 0.3 is 12.1 Å². The molecule has 0 unspecified atom stereocenters. The molecule has 0 aliphatic carbocycles. The molecule has 0 atom stereocenters. The molecule has 0 aliphatic heterocycles. The highest BCUT2D eigenvalue weighted by Crippen LogP contribution is 2.28. The number of esters is 1. The maximum Gasteiger partial charge on any atom is 0.420 e. The first-order valence-corrected chi connectivity index (χ1v) is 9.08. The highest BCUT2D eigenvalue weighted by atomic mass is 32.2. The molecule has 0 saturated carbocycles. The Bertz CT molecular complexity index is 952. The number of imidazole rings is 1. The largest absolute Gasteiger partial charge is 0.465 e. The van der Waals surface area contributed by atoms with E-state index in [0.29, 0.717) is 22.7 Å². The zero-order valence-corrected chi connectivity index (χ0v) is 15.3. The minimum atomic E-state index is -0.460. The van der Waals surface area contributed by atoms with Crippen molar-refractivity contribution in [3.63, 3.8) is 0 Å². The van der Waals surface area contributed by atoms with Crippen LogP contribution in [-0.4, -0.2) is 35.3 Å². The van der Waals surface area contributed by atoms with Crippen molar-refractivity contribution in [2.24, 2.45) is 0 Å². The highest BCUT2D eigenvalue weighted by Gasteiger charge is 2.19.